The second-order valence-corrected chi connectivity index (χ2v) is 4.56. The predicted molar refractivity (Wildman–Crippen MR) is 58.5 cm³/mol. The van der Waals surface area contributed by atoms with E-state index in [1.54, 1.807) is 11.0 Å². The number of nitrogens with two attached hydrogens (primary N) is 1. The van der Waals surface area contributed by atoms with Crippen LogP contribution < -0.4 is 5.73 Å². The molecule has 1 amide bonds. The van der Waals surface area contributed by atoms with Crippen LogP contribution in [-0.2, 0) is 0 Å². The Morgan fingerprint density at radius 3 is 2.64 bits per heavy atom. The van der Waals surface area contributed by atoms with Gasteiger partial charge < -0.3 is 10.6 Å². The number of nitrogens with zero attached hydrogens (tertiary/aromatic N) is 1. The lowest BCUT2D eigenvalue weighted by molar-refractivity contribution is 0.0805. The van der Waals surface area contributed by atoms with Crippen molar-refractivity contribution >= 4 is 22.9 Å². The Labute approximate surface area is 86.8 Å². The van der Waals surface area contributed by atoms with E-state index < -0.39 is 0 Å². The second kappa shape index (κ2) is 3.46. The summed E-state index contributed by atoms with van der Waals surface area (Å²) in [7, 11) is 0. The SMILES string of the molecule is Cc1sc(C(=O)N2CC=CC2)cc1N. The number of thiophene rings is 1. The first kappa shape index (κ1) is 9.27. The van der Waals surface area contributed by atoms with Gasteiger partial charge in [0, 0.05) is 23.7 Å². The molecule has 14 heavy (non-hydrogen) atoms. The summed E-state index contributed by atoms with van der Waals surface area (Å²) >= 11 is 1.47. The number of aryl methyl sites for hydroxylation is 1. The van der Waals surface area contributed by atoms with Gasteiger partial charge in [0.15, 0.2) is 0 Å². The van der Waals surface area contributed by atoms with Gasteiger partial charge in [-0.2, -0.15) is 0 Å². The van der Waals surface area contributed by atoms with Gasteiger partial charge >= 0.3 is 0 Å². The zero-order valence-corrected chi connectivity index (χ0v) is 8.80. The van der Waals surface area contributed by atoms with Crippen LogP contribution in [0, 0.1) is 6.92 Å². The topological polar surface area (TPSA) is 46.3 Å². The highest BCUT2D eigenvalue weighted by molar-refractivity contribution is 7.14. The summed E-state index contributed by atoms with van der Waals surface area (Å²) in [6, 6.07) is 1.76. The molecule has 1 aliphatic rings. The van der Waals surface area contributed by atoms with E-state index in [1.807, 2.05) is 19.1 Å². The maximum Gasteiger partial charge on any atom is 0.264 e. The van der Waals surface area contributed by atoms with Crippen molar-refractivity contribution in [1.29, 1.82) is 0 Å². The molecule has 2 rings (SSSR count). The summed E-state index contributed by atoms with van der Waals surface area (Å²) in [5.41, 5.74) is 6.41. The van der Waals surface area contributed by atoms with Crippen molar-refractivity contribution in [3.63, 3.8) is 0 Å². The van der Waals surface area contributed by atoms with Crippen LogP contribution in [0.2, 0.25) is 0 Å². The minimum absolute atomic E-state index is 0.0831. The Morgan fingerprint density at radius 2 is 2.14 bits per heavy atom. The van der Waals surface area contributed by atoms with Gasteiger partial charge in [0.2, 0.25) is 0 Å². The Kier molecular flexibility index (Phi) is 2.29. The van der Waals surface area contributed by atoms with Gasteiger partial charge in [-0.25, -0.2) is 0 Å². The fourth-order valence-corrected chi connectivity index (χ4v) is 2.31. The third-order valence-corrected chi connectivity index (χ3v) is 3.33. The molecule has 0 aliphatic carbocycles. The number of hydrogen-bond donors (Lipinski definition) is 1. The smallest absolute Gasteiger partial charge is 0.264 e. The van der Waals surface area contributed by atoms with E-state index in [-0.39, 0.29) is 5.91 Å². The van der Waals surface area contributed by atoms with E-state index in [9.17, 15) is 4.79 Å². The molecule has 0 unspecified atom stereocenters. The fourth-order valence-electron chi connectivity index (χ4n) is 1.40. The highest BCUT2D eigenvalue weighted by Crippen LogP contribution is 2.24. The van der Waals surface area contributed by atoms with E-state index in [4.69, 9.17) is 5.73 Å². The van der Waals surface area contributed by atoms with Crippen molar-refractivity contribution in [2.75, 3.05) is 18.8 Å². The molecule has 0 radical (unpaired) electrons. The number of carbonyl (C=O) groups is 1. The molecular formula is C10H12N2OS. The van der Waals surface area contributed by atoms with Crippen LogP contribution >= 0.6 is 11.3 Å². The molecule has 1 aromatic rings. The lowest BCUT2D eigenvalue weighted by Gasteiger charge is -2.13. The van der Waals surface area contributed by atoms with Gasteiger partial charge in [-0.1, -0.05) is 12.2 Å². The number of rotatable bonds is 1. The van der Waals surface area contributed by atoms with E-state index in [2.05, 4.69) is 0 Å². The van der Waals surface area contributed by atoms with Crippen LogP contribution in [0.4, 0.5) is 5.69 Å². The summed E-state index contributed by atoms with van der Waals surface area (Å²) in [4.78, 5) is 15.4. The van der Waals surface area contributed by atoms with Crippen molar-refractivity contribution in [3.8, 4) is 0 Å². The Hall–Kier alpha value is -1.29. The van der Waals surface area contributed by atoms with Gasteiger partial charge in [0.1, 0.15) is 0 Å². The average Bonchev–Trinajstić information content (AvgIpc) is 2.76. The van der Waals surface area contributed by atoms with Crippen molar-refractivity contribution in [1.82, 2.24) is 4.90 Å². The first-order chi connectivity index (χ1) is 6.68. The predicted octanol–water partition coefficient (Wildman–Crippen LogP) is 1.65. The molecule has 74 valence electrons. The van der Waals surface area contributed by atoms with Crippen LogP contribution in [0.3, 0.4) is 0 Å². The van der Waals surface area contributed by atoms with Crippen LogP contribution in [-0.4, -0.2) is 23.9 Å². The molecule has 0 spiro atoms. The molecule has 1 aliphatic heterocycles. The maximum atomic E-state index is 11.9. The highest BCUT2D eigenvalue weighted by Gasteiger charge is 2.18. The molecule has 0 aromatic carbocycles. The minimum Gasteiger partial charge on any atom is -0.398 e. The second-order valence-electron chi connectivity index (χ2n) is 3.30. The standard InChI is InChI=1S/C10H12N2OS/c1-7-8(11)6-9(14-7)10(13)12-4-2-3-5-12/h2-3,6H,4-5,11H2,1H3. The molecule has 0 saturated heterocycles. The molecular weight excluding hydrogens is 196 g/mol. The molecule has 1 aromatic heterocycles. The van der Waals surface area contributed by atoms with Crippen LogP contribution in [0.15, 0.2) is 18.2 Å². The summed E-state index contributed by atoms with van der Waals surface area (Å²) in [5.74, 6) is 0.0831. The average molecular weight is 208 g/mol. The van der Waals surface area contributed by atoms with Gasteiger partial charge in [-0.3, -0.25) is 4.79 Å². The third-order valence-electron chi connectivity index (χ3n) is 2.27. The molecule has 0 atom stereocenters. The summed E-state index contributed by atoms with van der Waals surface area (Å²) in [6.07, 6.45) is 4.00. The maximum absolute atomic E-state index is 11.9. The van der Waals surface area contributed by atoms with E-state index in [0.717, 1.165) is 22.8 Å². The van der Waals surface area contributed by atoms with Gasteiger partial charge in [-0.05, 0) is 13.0 Å². The largest absolute Gasteiger partial charge is 0.398 e. The first-order valence-corrected chi connectivity index (χ1v) is 5.30. The van der Waals surface area contributed by atoms with E-state index in [0.29, 0.717) is 5.69 Å². The summed E-state index contributed by atoms with van der Waals surface area (Å²) in [5, 5.41) is 0. The van der Waals surface area contributed by atoms with Crippen LogP contribution in [0.25, 0.3) is 0 Å². The quantitative estimate of drug-likeness (QED) is 0.713. The molecule has 3 nitrogen and oxygen atoms in total. The number of hydrogen-bond acceptors (Lipinski definition) is 3. The first-order valence-electron chi connectivity index (χ1n) is 4.48. The summed E-state index contributed by atoms with van der Waals surface area (Å²) < 4.78 is 0. The Morgan fingerprint density at radius 1 is 1.50 bits per heavy atom. The molecule has 4 heteroatoms. The van der Waals surface area contributed by atoms with Crippen LogP contribution in [0.1, 0.15) is 14.5 Å². The molecule has 0 saturated carbocycles. The lowest BCUT2D eigenvalue weighted by Crippen LogP contribution is -2.27. The number of amides is 1. The van der Waals surface area contributed by atoms with Crippen molar-refractivity contribution in [2.45, 2.75) is 6.92 Å². The summed E-state index contributed by atoms with van der Waals surface area (Å²) in [6.45, 7) is 3.37. The Bertz CT molecular complexity index is 367. The van der Waals surface area contributed by atoms with E-state index in [1.165, 1.54) is 11.3 Å². The third kappa shape index (κ3) is 1.53. The molecule has 0 bridgehead atoms. The van der Waals surface area contributed by atoms with Crippen molar-refractivity contribution < 1.29 is 4.79 Å². The van der Waals surface area contributed by atoms with Gasteiger partial charge in [-0.15, -0.1) is 11.3 Å². The number of nitrogen functional groups attached to an aromatic ring is 1. The van der Waals surface area contributed by atoms with Crippen molar-refractivity contribution in [2.24, 2.45) is 0 Å². The van der Waals surface area contributed by atoms with Crippen LogP contribution in [0.5, 0.6) is 0 Å². The highest BCUT2D eigenvalue weighted by atomic mass is 32.1. The molecule has 0 fully saturated rings. The number of anilines is 1. The molecule has 2 N–H and O–H groups in total. The Balaban J connectivity index is 2.18. The van der Waals surface area contributed by atoms with Gasteiger partial charge in [0.25, 0.3) is 5.91 Å². The van der Waals surface area contributed by atoms with Crippen molar-refractivity contribution in [3.05, 3.63) is 28.0 Å². The van der Waals surface area contributed by atoms with Gasteiger partial charge in [0.05, 0.1) is 4.88 Å². The fraction of sp³-hybridized carbons (Fsp3) is 0.300. The van der Waals surface area contributed by atoms with E-state index >= 15 is 0 Å². The minimum atomic E-state index is 0.0831. The zero-order valence-electron chi connectivity index (χ0n) is 7.99. The monoisotopic (exact) mass is 208 g/mol. The zero-order chi connectivity index (χ0) is 10.1. The lowest BCUT2D eigenvalue weighted by atomic mass is 10.3. The number of carbonyl (C=O) groups excluding carboxylic acids is 1. The normalized spacial score (nSPS) is 15.1. The molecule has 2 heterocycles.